The lowest BCUT2D eigenvalue weighted by Crippen LogP contribution is -2.31. The Kier molecular flexibility index (Phi) is 9.51. The van der Waals surface area contributed by atoms with E-state index >= 15 is 0 Å². The SMILES string of the molecule is Cc1c(C)c2n(C)c1/C(c1ccccc1)=c1/c(C)c(C)/c(n1C)=C(\c1ccccc1)c1c(C)c(C)c(n1C)/C(c1ccccc1)=c1/c(C)c(C)/c(n1C)=C/2c1ccccc1. The van der Waals surface area contributed by atoms with Gasteiger partial charge in [-0.15, -0.1) is 0 Å². The van der Waals surface area contributed by atoms with Crippen LogP contribution in [0.2, 0.25) is 0 Å². The number of fused-ring (bicyclic) bond motifs is 8. The van der Waals surface area contributed by atoms with Gasteiger partial charge in [0.1, 0.15) is 0 Å². The van der Waals surface area contributed by atoms with Crippen LogP contribution in [0.4, 0.5) is 0 Å². The van der Waals surface area contributed by atoms with Gasteiger partial charge in [-0.2, -0.15) is 0 Å². The molecule has 0 unspecified atom stereocenters. The van der Waals surface area contributed by atoms with E-state index in [0.29, 0.717) is 0 Å². The first-order valence-electron chi connectivity index (χ1n) is 21.2. The van der Waals surface area contributed by atoms with Gasteiger partial charge in [0.05, 0.1) is 44.2 Å². The first kappa shape index (κ1) is 39.0. The molecule has 0 atom stereocenters. The summed E-state index contributed by atoms with van der Waals surface area (Å²) >= 11 is 0. The number of aromatic nitrogens is 4. The van der Waals surface area contributed by atoms with Crippen molar-refractivity contribution in [1.82, 2.24) is 18.3 Å². The predicted octanol–water partition coefficient (Wildman–Crippen LogP) is 8.81. The monoisotopic (exact) mass is 784 g/mol. The molecule has 0 amide bonds. The summed E-state index contributed by atoms with van der Waals surface area (Å²) in [4.78, 5) is 0. The minimum Gasteiger partial charge on any atom is -0.343 e. The molecule has 5 heterocycles. The Balaban J connectivity index is 1.68. The molecule has 0 N–H and O–H groups in total. The summed E-state index contributed by atoms with van der Waals surface area (Å²) in [7, 11) is 9.16. The van der Waals surface area contributed by atoms with E-state index in [4.69, 9.17) is 0 Å². The summed E-state index contributed by atoms with van der Waals surface area (Å²) < 4.78 is 10.0. The minimum atomic E-state index is 1.20. The highest BCUT2D eigenvalue weighted by Gasteiger charge is 2.30. The zero-order valence-corrected chi connectivity index (χ0v) is 37.3. The summed E-state index contributed by atoms with van der Waals surface area (Å²) in [5, 5.41) is 4.94. The van der Waals surface area contributed by atoms with Crippen molar-refractivity contribution in [2.24, 2.45) is 28.2 Å². The highest BCUT2D eigenvalue weighted by Crippen LogP contribution is 2.37. The van der Waals surface area contributed by atoms with E-state index in [-0.39, 0.29) is 0 Å². The quantitative estimate of drug-likeness (QED) is 0.170. The van der Waals surface area contributed by atoms with E-state index in [0.717, 1.165) is 0 Å². The maximum absolute atomic E-state index is 2.50. The maximum Gasteiger partial charge on any atom is 0.0542 e. The van der Waals surface area contributed by atoms with Crippen LogP contribution in [0.1, 0.15) is 89.5 Å². The Labute approximate surface area is 355 Å². The van der Waals surface area contributed by atoms with Crippen LogP contribution in [0.15, 0.2) is 121 Å². The highest BCUT2D eigenvalue weighted by atomic mass is 15.0. The van der Waals surface area contributed by atoms with Crippen molar-refractivity contribution in [3.05, 3.63) is 232 Å². The van der Waals surface area contributed by atoms with E-state index in [1.807, 2.05) is 0 Å². The third-order valence-electron chi connectivity index (χ3n) is 13.9. The molecule has 9 rings (SSSR count). The zero-order chi connectivity index (χ0) is 42.3. The average molecular weight is 785 g/mol. The summed E-state index contributed by atoms with van der Waals surface area (Å²) in [6, 6.07) is 44.2. The van der Waals surface area contributed by atoms with Gasteiger partial charge < -0.3 is 18.3 Å². The first-order valence-corrected chi connectivity index (χ1v) is 21.2. The molecule has 4 aromatic heterocycles. The van der Waals surface area contributed by atoms with Crippen LogP contribution in [0, 0.1) is 55.4 Å². The fourth-order valence-electron chi connectivity index (χ4n) is 10.7. The molecule has 0 saturated carbocycles. The van der Waals surface area contributed by atoms with Crippen molar-refractivity contribution < 1.29 is 0 Å². The highest BCUT2D eigenvalue weighted by molar-refractivity contribution is 5.89. The normalized spacial score (nSPS) is 16.5. The Hall–Kier alpha value is -6.52. The lowest BCUT2D eigenvalue weighted by molar-refractivity contribution is 0.820. The maximum atomic E-state index is 2.50. The molecule has 0 saturated heterocycles. The summed E-state index contributed by atoms with van der Waals surface area (Å²) in [5.41, 5.74) is 25.0. The average Bonchev–Trinajstić information content (AvgIpc) is 3.80. The van der Waals surface area contributed by atoms with E-state index in [1.54, 1.807) is 0 Å². The Morgan fingerprint density at radius 2 is 0.417 bits per heavy atom. The van der Waals surface area contributed by atoms with Crippen molar-refractivity contribution in [2.45, 2.75) is 55.4 Å². The number of rotatable bonds is 4. The zero-order valence-electron chi connectivity index (χ0n) is 37.3. The molecule has 300 valence electrons. The molecule has 4 nitrogen and oxygen atoms in total. The van der Waals surface area contributed by atoms with Gasteiger partial charge in [-0.25, -0.2) is 0 Å². The van der Waals surface area contributed by atoms with E-state index in [2.05, 4.69) is 223 Å². The molecule has 1 aliphatic rings. The predicted molar refractivity (Wildman–Crippen MR) is 250 cm³/mol. The van der Waals surface area contributed by atoms with Gasteiger partial charge in [-0.05, 0) is 122 Å². The largest absolute Gasteiger partial charge is 0.343 e. The fraction of sp³-hybridized carbons (Fsp3) is 0.214. The van der Waals surface area contributed by atoms with Crippen LogP contribution in [-0.4, -0.2) is 18.3 Å². The van der Waals surface area contributed by atoms with Gasteiger partial charge in [0, 0.05) is 50.5 Å². The third-order valence-corrected chi connectivity index (χ3v) is 13.9. The third kappa shape index (κ3) is 5.57. The van der Waals surface area contributed by atoms with Gasteiger partial charge in [0.2, 0.25) is 0 Å². The Morgan fingerprint density at radius 1 is 0.233 bits per heavy atom. The number of nitrogens with zero attached hydrogens (tertiary/aromatic N) is 4. The summed E-state index contributed by atoms with van der Waals surface area (Å²) in [6.45, 7) is 18.6. The Morgan fingerprint density at radius 3 is 0.600 bits per heavy atom. The first-order chi connectivity index (χ1) is 28.9. The fourth-order valence-corrected chi connectivity index (χ4v) is 10.7. The second kappa shape index (κ2) is 14.6. The summed E-state index contributed by atoms with van der Waals surface area (Å²) in [5.74, 6) is 0. The van der Waals surface area contributed by atoms with Gasteiger partial charge in [-0.1, -0.05) is 121 Å². The molecule has 1 aliphatic heterocycles. The van der Waals surface area contributed by atoms with Crippen LogP contribution in [-0.2, 0) is 28.2 Å². The van der Waals surface area contributed by atoms with E-state index < -0.39 is 0 Å². The molecular formula is C56H56N4. The van der Waals surface area contributed by atoms with Crippen molar-refractivity contribution in [2.75, 3.05) is 0 Å². The van der Waals surface area contributed by atoms with Crippen molar-refractivity contribution in [3.63, 3.8) is 0 Å². The van der Waals surface area contributed by atoms with Crippen molar-refractivity contribution >= 4 is 22.3 Å². The standard InChI is InChI=1S/C56H56N4/c1-33-34(2)50-46(42-27-19-14-20-28-42)52-37(5)38(6)54(59(52)11)48(44-31-23-16-24-32-44)56-40(8)39(7)55(60(56)12)47(43-29-21-15-22-30-43)53-36(4)35(3)51(58(53)10)45(49(33)57(50)9)41-25-17-13-18-26-41/h13-32H,1-12H3/b49-45-,50-46-,51-45?,52-46?,53-47?,54-48?,55-47-,56-48-. The van der Waals surface area contributed by atoms with Crippen molar-refractivity contribution in [1.29, 1.82) is 0 Å². The van der Waals surface area contributed by atoms with Crippen LogP contribution >= 0.6 is 0 Å². The molecule has 4 heteroatoms. The van der Waals surface area contributed by atoms with Gasteiger partial charge >= 0.3 is 0 Å². The van der Waals surface area contributed by atoms with Crippen molar-refractivity contribution in [3.8, 4) is 0 Å². The number of hydrogen-bond acceptors (Lipinski definition) is 0. The molecule has 4 aromatic carbocycles. The minimum absolute atomic E-state index is 1.20. The smallest absolute Gasteiger partial charge is 0.0542 e. The molecule has 0 spiro atoms. The van der Waals surface area contributed by atoms with E-state index in [9.17, 15) is 0 Å². The molecule has 0 fully saturated rings. The summed E-state index contributed by atoms with van der Waals surface area (Å²) in [6.07, 6.45) is 0. The van der Waals surface area contributed by atoms with Gasteiger partial charge in [0.15, 0.2) is 0 Å². The molecule has 0 radical (unpaired) electrons. The molecular weight excluding hydrogens is 729 g/mol. The van der Waals surface area contributed by atoms with Crippen LogP contribution in [0.3, 0.4) is 0 Å². The second-order valence-corrected chi connectivity index (χ2v) is 17.0. The molecule has 60 heavy (non-hydrogen) atoms. The van der Waals surface area contributed by atoms with Crippen LogP contribution in [0.25, 0.3) is 22.3 Å². The van der Waals surface area contributed by atoms with Crippen LogP contribution in [0.5, 0.6) is 0 Å². The number of benzene rings is 4. The lowest BCUT2D eigenvalue weighted by Gasteiger charge is -2.18. The van der Waals surface area contributed by atoms with Crippen LogP contribution < -0.4 is 21.4 Å². The molecule has 8 aromatic rings. The molecule has 8 bridgehead atoms. The van der Waals surface area contributed by atoms with Gasteiger partial charge in [-0.3, -0.25) is 0 Å². The number of hydrogen-bond donors (Lipinski definition) is 0. The molecule has 0 aliphatic carbocycles. The van der Waals surface area contributed by atoms with E-state index in [1.165, 1.54) is 133 Å². The second-order valence-electron chi connectivity index (χ2n) is 17.0. The lowest BCUT2D eigenvalue weighted by atomic mass is 9.95. The Bertz CT molecular complexity index is 2830. The van der Waals surface area contributed by atoms with Gasteiger partial charge in [0.25, 0.3) is 0 Å². The topological polar surface area (TPSA) is 19.7 Å².